The molecule has 1 aromatic carbocycles. The number of unbranched alkanes of at least 4 members (excludes halogenated alkanes) is 3. The first-order valence-corrected chi connectivity index (χ1v) is 6.86. The van der Waals surface area contributed by atoms with Gasteiger partial charge in [0.15, 0.2) is 0 Å². The van der Waals surface area contributed by atoms with Crippen molar-refractivity contribution in [2.24, 2.45) is 0 Å². The van der Waals surface area contributed by atoms with E-state index in [-0.39, 0.29) is 5.56 Å². The second-order valence-electron chi connectivity index (χ2n) is 4.81. The molecule has 0 aliphatic heterocycles. The summed E-state index contributed by atoms with van der Waals surface area (Å²) in [5, 5.41) is 1.85. The van der Waals surface area contributed by atoms with Gasteiger partial charge in [-0.25, -0.2) is 0 Å². The van der Waals surface area contributed by atoms with Crippen molar-refractivity contribution >= 4 is 5.91 Å². The highest BCUT2D eigenvalue weighted by atomic mass is 19.4. The quantitative estimate of drug-likeness (QED) is 0.752. The molecule has 20 heavy (non-hydrogen) atoms. The highest BCUT2D eigenvalue weighted by molar-refractivity contribution is 5.94. The lowest BCUT2D eigenvalue weighted by atomic mass is 10.0. The molecule has 0 aliphatic carbocycles. The van der Waals surface area contributed by atoms with E-state index < -0.39 is 18.6 Å². The molecule has 0 aromatic heterocycles. The van der Waals surface area contributed by atoms with Crippen molar-refractivity contribution in [3.63, 3.8) is 0 Å². The summed E-state index contributed by atoms with van der Waals surface area (Å²) in [7, 11) is 0. The van der Waals surface area contributed by atoms with Gasteiger partial charge in [-0.3, -0.25) is 4.79 Å². The van der Waals surface area contributed by atoms with Crippen LogP contribution in [0.2, 0.25) is 0 Å². The zero-order valence-corrected chi connectivity index (χ0v) is 11.6. The average Bonchev–Trinajstić information content (AvgIpc) is 2.41. The van der Waals surface area contributed by atoms with E-state index in [9.17, 15) is 18.0 Å². The molecule has 1 rings (SSSR count). The first-order valence-electron chi connectivity index (χ1n) is 6.86. The summed E-state index contributed by atoms with van der Waals surface area (Å²) in [6, 6.07) is 6.74. The largest absolute Gasteiger partial charge is 0.405 e. The zero-order valence-electron chi connectivity index (χ0n) is 11.6. The van der Waals surface area contributed by atoms with Crippen molar-refractivity contribution in [2.75, 3.05) is 6.54 Å². The highest BCUT2D eigenvalue weighted by Crippen LogP contribution is 2.13. The number of aryl methyl sites for hydroxylation is 1. The molecular weight excluding hydrogens is 267 g/mol. The minimum Gasteiger partial charge on any atom is -0.343 e. The molecule has 0 bridgehead atoms. The van der Waals surface area contributed by atoms with Crippen LogP contribution in [0, 0.1) is 0 Å². The molecule has 5 heteroatoms. The van der Waals surface area contributed by atoms with E-state index in [1.165, 1.54) is 19.3 Å². The standard InChI is InChI=1S/C15H20F3NO/c1-2-3-4-5-6-12-7-9-13(10-8-12)14(20)19-11-15(16,17)18/h7-10H,2-6,11H2,1H3,(H,19,20). The fraction of sp³-hybridized carbons (Fsp3) is 0.533. The van der Waals surface area contributed by atoms with Crippen LogP contribution in [-0.4, -0.2) is 18.6 Å². The van der Waals surface area contributed by atoms with Crippen molar-refractivity contribution < 1.29 is 18.0 Å². The van der Waals surface area contributed by atoms with Crippen LogP contribution in [0.5, 0.6) is 0 Å². The maximum Gasteiger partial charge on any atom is 0.405 e. The molecule has 2 nitrogen and oxygen atoms in total. The Kier molecular flexibility index (Phi) is 6.55. The van der Waals surface area contributed by atoms with Gasteiger partial charge in [-0.2, -0.15) is 13.2 Å². The maximum atomic E-state index is 12.0. The molecule has 1 N–H and O–H groups in total. The third-order valence-electron chi connectivity index (χ3n) is 2.98. The molecule has 1 aromatic rings. The Morgan fingerprint density at radius 3 is 2.30 bits per heavy atom. The van der Waals surface area contributed by atoms with Gasteiger partial charge in [0.05, 0.1) is 0 Å². The summed E-state index contributed by atoms with van der Waals surface area (Å²) >= 11 is 0. The highest BCUT2D eigenvalue weighted by Gasteiger charge is 2.27. The van der Waals surface area contributed by atoms with Gasteiger partial charge < -0.3 is 5.32 Å². The van der Waals surface area contributed by atoms with E-state index in [0.29, 0.717) is 0 Å². The number of hydrogen-bond acceptors (Lipinski definition) is 1. The predicted molar refractivity (Wildman–Crippen MR) is 72.7 cm³/mol. The molecule has 0 radical (unpaired) electrons. The Morgan fingerprint density at radius 2 is 1.75 bits per heavy atom. The van der Waals surface area contributed by atoms with Crippen LogP contribution >= 0.6 is 0 Å². The number of benzene rings is 1. The molecule has 0 saturated carbocycles. The van der Waals surface area contributed by atoms with Gasteiger partial charge in [0, 0.05) is 5.56 Å². The van der Waals surface area contributed by atoms with Crippen LogP contribution in [0.3, 0.4) is 0 Å². The molecule has 112 valence electrons. The van der Waals surface area contributed by atoms with Crippen LogP contribution in [0.1, 0.15) is 48.5 Å². The summed E-state index contributed by atoms with van der Waals surface area (Å²) in [4.78, 5) is 11.5. The number of hydrogen-bond donors (Lipinski definition) is 1. The third kappa shape index (κ3) is 6.59. The van der Waals surface area contributed by atoms with E-state index >= 15 is 0 Å². The molecule has 0 fully saturated rings. The number of nitrogens with one attached hydrogen (secondary N) is 1. The zero-order chi connectivity index (χ0) is 15.0. The van der Waals surface area contributed by atoms with Gasteiger partial charge in [0.25, 0.3) is 5.91 Å². The van der Waals surface area contributed by atoms with E-state index in [1.807, 2.05) is 5.32 Å². The number of amides is 1. The first-order chi connectivity index (χ1) is 9.42. The minimum absolute atomic E-state index is 0.256. The van der Waals surface area contributed by atoms with Crippen LogP contribution in [-0.2, 0) is 6.42 Å². The van der Waals surface area contributed by atoms with Crippen molar-refractivity contribution in [3.8, 4) is 0 Å². The fourth-order valence-corrected chi connectivity index (χ4v) is 1.86. The van der Waals surface area contributed by atoms with E-state index in [2.05, 4.69) is 6.92 Å². The molecule has 0 spiro atoms. The van der Waals surface area contributed by atoms with Crippen molar-refractivity contribution in [3.05, 3.63) is 35.4 Å². The first kappa shape index (κ1) is 16.5. The van der Waals surface area contributed by atoms with Crippen LogP contribution in [0.15, 0.2) is 24.3 Å². The molecule has 0 aliphatic rings. The SMILES string of the molecule is CCCCCCc1ccc(C(=O)NCC(F)(F)F)cc1. The van der Waals surface area contributed by atoms with E-state index in [1.54, 1.807) is 24.3 Å². The molecule has 0 atom stereocenters. The van der Waals surface area contributed by atoms with Gasteiger partial charge in [-0.1, -0.05) is 38.3 Å². The summed E-state index contributed by atoms with van der Waals surface area (Å²) < 4.78 is 35.9. The fourth-order valence-electron chi connectivity index (χ4n) is 1.86. The number of halogens is 3. The molecule has 0 unspecified atom stereocenters. The van der Waals surface area contributed by atoms with Crippen molar-refractivity contribution in [1.82, 2.24) is 5.32 Å². The van der Waals surface area contributed by atoms with Crippen LogP contribution in [0.25, 0.3) is 0 Å². The summed E-state index contributed by atoms with van der Waals surface area (Å²) in [6.45, 7) is 0.846. The lowest BCUT2D eigenvalue weighted by molar-refractivity contribution is -0.123. The van der Waals surface area contributed by atoms with E-state index in [4.69, 9.17) is 0 Å². The monoisotopic (exact) mass is 287 g/mol. The topological polar surface area (TPSA) is 29.1 Å². The number of carbonyl (C=O) groups excluding carboxylic acids is 1. The van der Waals surface area contributed by atoms with Crippen molar-refractivity contribution in [2.45, 2.75) is 45.2 Å². The number of rotatable bonds is 7. The smallest absolute Gasteiger partial charge is 0.343 e. The second-order valence-corrected chi connectivity index (χ2v) is 4.81. The molecule has 1 amide bonds. The Bertz CT molecular complexity index is 412. The van der Waals surface area contributed by atoms with Crippen molar-refractivity contribution in [1.29, 1.82) is 0 Å². The van der Waals surface area contributed by atoms with Crippen LogP contribution < -0.4 is 5.32 Å². The Balaban J connectivity index is 2.43. The molecule has 0 heterocycles. The van der Waals surface area contributed by atoms with Gasteiger partial charge in [-0.05, 0) is 30.5 Å². The number of carbonyl (C=O) groups is 1. The van der Waals surface area contributed by atoms with E-state index in [0.717, 1.165) is 18.4 Å². The van der Waals surface area contributed by atoms with Gasteiger partial charge in [0.2, 0.25) is 0 Å². The maximum absolute atomic E-state index is 12.0. The molecular formula is C15H20F3NO. The normalized spacial score (nSPS) is 11.4. The average molecular weight is 287 g/mol. The predicted octanol–water partition coefficient (Wildman–Crippen LogP) is 4.10. The summed E-state index contributed by atoms with van der Waals surface area (Å²) in [6.07, 6.45) is 1.20. The Morgan fingerprint density at radius 1 is 1.10 bits per heavy atom. The van der Waals surface area contributed by atoms with Gasteiger partial charge in [-0.15, -0.1) is 0 Å². The summed E-state index contributed by atoms with van der Waals surface area (Å²) in [5.74, 6) is -0.695. The minimum atomic E-state index is -4.38. The third-order valence-corrected chi connectivity index (χ3v) is 2.98. The van der Waals surface area contributed by atoms with Gasteiger partial charge >= 0.3 is 6.18 Å². The lowest BCUT2D eigenvalue weighted by Gasteiger charge is -2.08. The second kappa shape index (κ2) is 7.92. The summed E-state index contributed by atoms with van der Waals surface area (Å²) in [5.41, 5.74) is 1.36. The van der Waals surface area contributed by atoms with Crippen LogP contribution in [0.4, 0.5) is 13.2 Å². The Labute approximate surface area is 117 Å². The molecule has 0 saturated heterocycles. The lowest BCUT2D eigenvalue weighted by Crippen LogP contribution is -2.33. The number of alkyl halides is 3. The Hall–Kier alpha value is -1.52. The van der Waals surface area contributed by atoms with Gasteiger partial charge in [0.1, 0.15) is 6.54 Å².